The van der Waals surface area contributed by atoms with Crippen molar-refractivity contribution in [3.8, 4) is 11.3 Å². The van der Waals surface area contributed by atoms with Crippen molar-refractivity contribution in [1.29, 1.82) is 0 Å². The molecule has 2 aromatic heterocycles. The second kappa shape index (κ2) is 12.6. The molecule has 48 heavy (non-hydrogen) atoms. The maximum Gasteiger partial charge on any atom is 0.255 e. The van der Waals surface area contributed by atoms with Gasteiger partial charge in [0.2, 0.25) is 17.7 Å². The Morgan fingerprint density at radius 2 is 1.77 bits per heavy atom. The van der Waals surface area contributed by atoms with Gasteiger partial charge in [0.25, 0.3) is 5.91 Å². The minimum atomic E-state index is -0.634. The fraction of sp³-hybridized carbons (Fsp3) is 0.417. The predicted molar refractivity (Wildman–Crippen MR) is 176 cm³/mol. The Morgan fingerprint density at radius 1 is 0.958 bits per heavy atom. The number of aromatic nitrogens is 4. The summed E-state index contributed by atoms with van der Waals surface area (Å²) < 4.78 is 2.09. The third-order valence-electron chi connectivity index (χ3n) is 10.5. The van der Waals surface area contributed by atoms with E-state index in [0.717, 1.165) is 72.2 Å². The quantitative estimate of drug-likeness (QED) is 0.278. The van der Waals surface area contributed by atoms with Crippen LogP contribution in [0.2, 0.25) is 0 Å². The number of imide groups is 1. The molecule has 1 atom stereocenters. The third-order valence-corrected chi connectivity index (χ3v) is 10.5. The van der Waals surface area contributed by atoms with Crippen molar-refractivity contribution in [1.82, 2.24) is 40.2 Å². The van der Waals surface area contributed by atoms with Crippen LogP contribution in [0.5, 0.6) is 0 Å². The van der Waals surface area contributed by atoms with E-state index < -0.39 is 11.9 Å². The van der Waals surface area contributed by atoms with Crippen molar-refractivity contribution in [3.63, 3.8) is 0 Å². The standard InChI is InChI=1S/C36H38N8O4/c45-33-8-7-32(35(47)41-33)43-20-24-13-22(5-6-28(24)36(43)48)17-38-34(46)16-23-14-27(15-23)42-11-9-26(10-12-42)44-21-25(18-39-44)31-19-37-29-3-1-2-4-30(29)40-31/h1-6,13,18-19,21,23,26-27,32H,7-12,14-17,20H2,(H,38,46)(H,41,45,47). The topological polar surface area (TPSA) is 142 Å². The summed E-state index contributed by atoms with van der Waals surface area (Å²) in [5, 5.41) is 10.1. The molecule has 1 unspecified atom stereocenters. The summed E-state index contributed by atoms with van der Waals surface area (Å²) in [5.74, 6) is -0.472. The molecular weight excluding hydrogens is 608 g/mol. The summed E-state index contributed by atoms with van der Waals surface area (Å²) in [6, 6.07) is 13.7. The van der Waals surface area contributed by atoms with Gasteiger partial charge in [-0.25, -0.2) is 4.98 Å². The minimum Gasteiger partial charge on any atom is -0.352 e. The lowest BCUT2D eigenvalue weighted by molar-refractivity contribution is -0.137. The minimum absolute atomic E-state index is 0.0458. The number of nitrogens with one attached hydrogen (secondary N) is 2. The van der Waals surface area contributed by atoms with E-state index in [0.29, 0.717) is 49.5 Å². The smallest absolute Gasteiger partial charge is 0.255 e. The first kappa shape index (κ1) is 30.4. The molecule has 12 nitrogen and oxygen atoms in total. The highest BCUT2D eigenvalue weighted by atomic mass is 16.2. The Bertz CT molecular complexity index is 1910. The lowest BCUT2D eigenvalue weighted by Gasteiger charge is -2.45. The number of carbonyl (C=O) groups excluding carboxylic acids is 4. The van der Waals surface area contributed by atoms with Gasteiger partial charge in [0.15, 0.2) is 0 Å². The summed E-state index contributed by atoms with van der Waals surface area (Å²) in [5.41, 5.74) is 5.93. The van der Waals surface area contributed by atoms with E-state index in [1.165, 1.54) is 0 Å². The van der Waals surface area contributed by atoms with Gasteiger partial charge in [-0.1, -0.05) is 24.3 Å². The van der Waals surface area contributed by atoms with Gasteiger partial charge in [-0.2, -0.15) is 5.10 Å². The number of amides is 4. The zero-order valence-electron chi connectivity index (χ0n) is 26.7. The van der Waals surface area contributed by atoms with Crippen molar-refractivity contribution >= 4 is 34.7 Å². The Balaban J connectivity index is 0.770. The van der Waals surface area contributed by atoms with Gasteiger partial charge in [-0.3, -0.25) is 34.2 Å². The molecule has 5 heterocycles. The molecule has 8 rings (SSSR count). The number of likely N-dealkylation sites (tertiary alicyclic amines) is 1. The fourth-order valence-corrected chi connectivity index (χ4v) is 7.72. The monoisotopic (exact) mass is 646 g/mol. The zero-order chi connectivity index (χ0) is 32.8. The maximum absolute atomic E-state index is 12.9. The largest absolute Gasteiger partial charge is 0.352 e. The second-order valence-corrected chi connectivity index (χ2v) is 13.6. The molecule has 12 heteroatoms. The normalized spacial score (nSPS) is 23.2. The summed E-state index contributed by atoms with van der Waals surface area (Å²) in [4.78, 5) is 63.0. The summed E-state index contributed by atoms with van der Waals surface area (Å²) in [6.07, 6.45) is 11.1. The molecule has 1 aliphatic carbocycles. The van der Waals surface area contributed by atoms with E-state index in [2.05, 4.69) is 36.5 Å². The number of benzene rings is 2. The van der Waals surface area contributed by atoms with Crippen LogP contribution in [0.3, 0.4) is 0 Å². The van der Waals surface area contributed by atoms with Crippen LogP contribution >= 0.6 is 0 Å². The van der Waals surface area contributed by atoms with Crippen molar-refractivity contribution < 1.29 is 19.2 Å². The molecule has 3 fully saturated rings. The van der Waals surface area contributed by atoms with Gasteiger partial charge in [0, 0.05) is 62.4 Å². The van der Waals surface area contributed by atoms with Crippen LogP contribution < -0.4 is 10.6 Å². The molecule has 2 N–H and O–H groups in total. The number of para-hydroxylation sites is 2. The van der Waals surface area contributed by atoms with Crippen LogP contribution in [0.1, 0.15) is 72.5 Å². The highest BCUT2D eigenvalue weighted by Crippen LogP contribution is 2.37. The number of fused-ring (bicyclic) bond motifs is 2. The van der Waals surface area contributed by atoms with Gasteiger partial charge in [-0.15, -0.1) is 0 Å². The lowest BCUT2D eigenvalue weighted by atomic mass is 9.76. The van der Waals surface area contributed by atoms with E-state index in [-0.39, 0.29) is 24.1 Å². The van der Waals surface area contributed by atoms with Crippen LogP contribution in [0.25, 0.3) is 22.3 Å². The highest BCUT2D eigenvalue weighted by Gasteiger charge is 2.39. The van der Waals surface area contributed by atoms with E-state index in [1.54, 1.807) is 11.0 Å². The van der Waals surface area contributed by atoms with Crippen LogP contribution in [-0.2, 0) is 27.5 Å². The lowest BCUT2D eigenvalue weighted by Crippen LogP contribution is -2.52. The molecule has 4 aliphatic rings. The second-order valence-electron chi connectivity index (χ2n) is 13.6. The molecule has 0 spiro atoms. The first-order valence-corrected chi connectivity index (χ1v) is 16.9. The van der Waals surface area contributed by atoms with Gasteiger partial charge in [0.1, 0.15) is 6.04 Å². The van der Waals surface area contributed by atoms with Gasteiger partial charge < -0.3 is 15.1 Å². The average Bonchev–Trinajstić information content (AvgIpc) is 3.70. The van der Waals surface area contributed by atoms with Crippen LogP contribution in [0, 0.1) is 5.92 Å². The third kappa shape index (κ3) is 5.96. The maximum atomic E-state index is 12.9. The van der Waals surface area contributed by atoms with Crippen molar-refractivity contribution in [2.24, 2.45) is 5.92 Å². The van der Waals surface area contributed by atoms with Crippen molar-refractivity contribution in [3.05, 3.63) is 77.7 Å². The molecular formula is C36H38N8O4. The van der Waals surface area contributed by atoms with Crippen LogP contribution in [0.4, 0.5) is 0 Å². The van der Waals surface area contributed by atoms with Gasteiger partial charge >= 0.3 is 0 Å². The zero-order valence-corrected chi connectivity index (χ0v) is 26.7. The Kier molecular flexibility index (Phi) is 7.95. The van der Waals surface area contributed by atoms with E-state index in [4.69, 9.17) is 4.98 Å². The Labute approximate surface area is 277 Å². The van der Waals surface area contributed by atoms with Crippen molar-refractivity contribution in [2.45, 2.75) is 76.2 Å². The van der Waals surface area contributed by atoms with Gasteiger partial charge in [0.05, 0.1) is 35.2 Å². The SMILES string of the molecule is O=C(CC1CC(N2CCC(n3cc(-c4cnc5ccccc5n4)cn3)CC2)C1)NCc1ccc2c(c1)CN(C1CCC(=O)NC1=O)C2=O. The molecule has 0 bridgehead atoms. The Morgan fingerprint density at radius 3 is 2.58 bits per heavy atom. The van der Waals surface area contributed by atoms with E-state index >= 15 is 0 Å². The predicted octanol–water partition coefficient (Wildman–Crippen LogP) is 3.38. The first-order valence-electron chi connectivity index (χ1n) is 16.9. The molecule has 3 aliphatic heterocycles. The molecule has 246 valence electrons. The molecule has 2 saturated heterocycles. The summed E-state index contributed by atoms with van der Waals surface area (Å²) >= 11 is 0. The molecule has 1 saturated carbocycles. The summed E-state index contributed by atoms with van der Waals surface area (Å²) in [7, 11) is 0. The number of hydrogen-bond donors (Lipinski definition) is 2. The Hall–Kier alpha value is -4.97. The molecule has 0 radical (unpaired) electrons. The number of hydrogen-bond acceptors (Lipinski definition) is 8. The van der Waals surface area contributed by atoms with Crippen molar-refractivity contribution in [2.75, 3.05) is 13.1 Å². The summed E-state index contributed by atoms with van der Waals surface area (Å²) in [6.45, 7) is 2.78. The number of piperidine rings is 2. The molecule has 4 aromatic rings. The fourth-order valence-electron chi connectivity index (χ4n) is 7.72. The van der Waals surface area contributed by atoms with E-state index in [9.17, 15) is 19.2 Å². The van der Waals surface area contributed by atoms with E-state index in [1.807, 2.05) is 48.8 Å². The number of carbonyl (C=O) groups is 4. The molecule has 2 aromatic carbocycles. The molecule has 4 amide bonds. The highest BCUT2D eigenvalue weighted by molar-refractivity contribution is 6.05. The number of rotatable bonds is 8. The average molecular weight is 647 g/mol. The van der Waals surface area contributed by atoms with Crippen LogP contribution in [-0.4, -0.2) is 78.4 Å². The first-order chi connectivity index (χ1) is 23.4. The number of nitrogens with zero attached hydrogens (tertiary/aromatic N) is 6. The van der Waals surface area contributed by atoms with Gasteiger partial charge in [-0.05, 0) is 67.3 Å². The van der Waals surface area contributed by atoms with Crippen LogP contribution in [0.15, 0.2) is 61.1 Å².